The Morgan fingerprint density at radius 1 is 1.30 bits per heavy atom. The molecule has 1 aliphatic rings. The zero-order valence-corrected chi connectivity index (χ0v) is 13.2. The summed E-state index contributed by atoms with van der Waals surface area (Å²) >= 11 is 0. The third-order valence-corrected chi connectivity index (χ3v) is 3.96. The number of carbonyl (C=O) groups excluding carboxylic acids is 1. The number of esters is 1. The second kappa shape index (κ2) is 8.96. The molecule has 0 aromatic rings. The number of ether oxygens (including phenoxy) is 2. The van der Waals surface area contributed by atoms with E-state index in [0.717, 1.165) is 24.8 Å². The van der Waals surface area contributed by atoms with Crippen molar-refractivity contribution in [2.45, 2.75) is 52.6 Å². The Morgan fingerprint density at radius 3 is 2.75 bits per heavy atom. The Labute approximate surface area is 123 Å². The second-order valence-electron chi connectivity index (χ2n) is 5.77. The summed E-state index contributed by atoms with van der Waals surface area (Å²) in [6.07, 6.45) is 10.1. The smallest absolute Gasteiger partial charge is 0.306 e. The summed E-state index contributed by atoms with van der Waals surface area (Å²) in [6, 6.07) is 0. The molecule has 0 aromatic heterocycles. The molecule has 0 aliphatic carbocycles. The molecule has 0 radical (unpaired) electrons. The van der Waals surface area contributed by atoms with Crippen LogP contribution in [0.4, 0.5) is 0 Å². The maximum atomic E-state index is 11.6. The quantitative estimate of drug-likeness (QED) is 0.540. The predicted molar refractivity (Wildman–Crippen MR) is 81.4 cm³/mol. The molecule has 0 unspecified atom stereocenters. The van der Waals surface area contributed by atoms with Crippen LogP contribution in [0.2, 0.25) is 0 Å². The number of carbonyl (C=O) groups is 1. The van der Waals surface area contributed by atoms with Gasteiger partial charge in [-0.25, -0.2) is 0 Å². The van der Waals surface area contributed by atoms with Gasteiger partial charge in [-0.05, 0) is 43.6 Å². The molecule has 1 rings (SSSR count). The number of rotatable bonds is 1. The fraction of sp³-hybridized carbons (Fsp3) is 0.706. The minimum atomic E-state index is -0.0886. The van der Waals surface area contributed by atoms with Crippen molar-refractivity contribution in [2.75, 3.05) is 13.7 Å². The van der Waals surface area contributed by atoms with Gasteiger partial charge in [0.2, 0.25) is 0 Å². The number of allylic oxidation sites excluding steroid dienone is 2. The number of methoxy groups -OCH3 is 1. The van der Waals surface area contributed by atoms with Crippen LogP contribution in [0.15, 0.2) is 23.8 Å². The molecular formula is C17H28O3. The zero-order valence-electron chi connectivity index (χ0n) is 13.2. The summed E-state index contributed by atoms with van der Waals surface area (Å²) in [5, 5.41) is 0. The van der Waals surface area contributed by atoms with Gasteiger partial charge in [-0.2, -0.15) is 0 Å². The first-order valence-corrected chi connectivity index (χ1v) is 7.57. The molecule has 0 aromatic carbocycles. The summed E-state index contributed by atoms with van der Waals surface area (Å²) in [7, 11) is 1.76. The zero-order chi connectivity index (χ0) is 15.0. The van der Waals surface area contributed by atoms with Crippen molar-refractivity contribution < 1.29 is 14.3 Å². The van der Waals surface area contributed by atoms with Crippen LogP contribution in [0.5, 0.6) is 0 Å². The van der Waals surface area contributed by atoms with Crippen molar-refractivity contribution in [3.05, 3.63) is 23.8 Å². The normalized spacial score (nSPS) is 34.5. The first-order chi connectivity index (χ1) is 9.54. The summed E-state index contributed by atoms with van der Waals surface area (Å²) < 4.78 is 10.9. The van der Waals surface area contributed by atoms with Crippen LogP contribution in [0.3, 0.4) is 0 Å². The van der Waals surface area contributed by atoms with Crippen LogP contribution >= 0.6 is 0 Å². The van der Waals surface area contributed by atoms with Gasteiger partial charge >= 0.3 is 5.97 Å². The van der Waals surface area contributed by atoms with Gasteiger partial charge in [0, 0.05) is 13.5 Å². The highest BCUT2D eigenvalue weighted by Crippen LogP contribution is 2.22. The predicted octanol–water partition coefficient (Wildman–Crippen LogP) is 3.89. The molecule has 0 spiro atoms. The molecule has 20 heavy (non-hydrogen) atoms. The van der Waals surface area contributed by atoms with Crippen LogP contribution in [0, 0.1) is 11.8 Å². The van der Waals surface area contributed by atoms with Gasteiger partial charge in [0.25, 0.3) is 0 Å². The molecule has 0 bridgehead atoms. The van der Waals surface area contributed by atoms with E-state index in [9.17, 15) is 4.79 Å². The first kappa shape index (κ1) is 17.0. The lowest BCUT2D eigenvalue weighted by Gasteiger charge is -2.24. The summed E-state index contributed by atoms with van der Waals surface area (Å²) in [4.78, 5) is 11.6. The molecule has 3 heteroatoms. The maximum absolute atomic E-state index is 11.6. The average Bonchev–Trinajstić information content (AvgIpc) is 2.43. The minimum Gasteiger partial charge on any atom is -0.461 e. The number of hydrogen-bond donors (Lipinski definition) is 0. The van der Waals surface area contributed by atoms with Gasteiger partial charge in [-0.3, -0.25) is 4.79 Å². The summed E-state index contributed by atoms with van der Waals surface area (Å²) in [5.74, 6) is 0.686. The number of hydrogen-bond acceptors (Lipinski definition) is 3. The van der Waals surface area contributed by atoms with Gasteiger partial charge in [0.15, 0.2) is 0 Å². The van der Waals surface area contributed by atoms with Crippen molar-refractivity contribution in [3.63, 3.8) is 0 Å². The standard InChI is InChI=1S/C17H28O3/c1-13-11-14(2)15(3)16(19-4)9-7-5-6-8-10-17(18)20-12-13/h7,9,11,14-16H,5-6,8,10,12H2,1-4H3/b9-7+,13-11-/t14-,15+,16+/m1/s1. The SMILES string of the molecule is CO[C@H]1/C=C/CCCCC(=O)OC/C(C)=C\[C@@H](C)[C@@H]1C. The Hall–Kier alpha value is -1.09. The number of cyclic esters (lactones) is 1. The van der Waals surface area contributed by atoms with E-state index in [-0.39, 0.29) is 12.1 Å². The van der Waals surface area contributed by atoms with Crippen molar-refractivity contribution >= 4 is 5.97 Å². The van der Waals surface area contributed by atoms with Crippen LogP contribution in [-0.4, -0.2) is 25.8 Å². The Bertz CT molecular complexity index is 357. The van der Waals surface area contributed by atoms with Crippen LogP contribution < -0.4 is 0 Å². The Morgan fingerprint density at radius 2 is 2.05 bits per heavy atom. The maximum Gasteiger partial charge on any atom is 0.306 e. The average molecular weight is 280 g/mol. The monoisotopic (exact) mass is 280 g/mol. The van der Waals surface area contributed by atoms with Gasteiger partial charge in [-0.1, -0.05) is 32.1 Å². The highest BCUT2D eigenvalue weighted by atomic mass is 16.5. The fourth-order valence-corrected chi connectivity index (χ4v) is 2.44. The second-order valence-corrected chi connectivity index (χ2v) is 5.77. The minimum absolute atomic E-state index is 0.0886. The molecular weight excluding hydrogens is 252 g/mol. The van der Waals surface area contributed by atoms with E-state index >= 15 is 0 Å². The molecule has 0 amide bonds. The van der Waals surface area contributed by atoms with Crippen LogP contribution in [-0.2, 0) is 14.3 Å². The summed E-state index contributed by atoms with van der Waals surface area (Å²) in [6.45, 7) is 6.80. The largest absolute Gasteiger partial charge is 0.461 e. The van der Waals surface area contributed by atoms with E-state index in [1.807, 2.05) is 6.92 Å². The summed E-state index contributed by atoms with van der Waals surface area (Å²) in [5.41, 5.74) is 1.11. The third kappa shape index (κ3) is 5.91. The fourth-order valence-electron chi connectivity index (χ4n) is 2.44. The molecule has 1 aliphatic heterocycles. The lowest BCUT2D eigenvalue weighted by molar-refractivity contribution is -0.142. The molecule has 3 nitrogen and oxygen atoms in total. The molecule has 0 saturated carbocycles. The van der Waals surface area contributed by atoms with E-state index < -0.39 is 0 Å². The highest BCUT2D eigenvalue weighted by Gasteiger charge is 2.19. The van der Waals surface area contributed by atoms with Crippen LogP contribution in [0.25, 0.3) is 0 Å². The molecule has 3 atom stereocenters. The van der Waals surface area contributed by atoms with Gasteiger partial charge in [0.1, 0.15) is 6.61 Å². The Kier molecular flexibility index (Phi) is 7.60. The van der Waals surface area contributed by atoms with Crippen molar-refractivity contribution in [1.29, 1.82) is 0 Å². The molecule has 114 valence electrons. The highest BCUT2D eigenvalue weighted by molar-refractivity contribution is 5.69. The van der Waals surface area contributed by atoms with E-state index in [1.54, 1.807) is 7.11 Å². The van der Waals surface area contributed by atoms with Gasteiger partial charge in [-0.15, -0.1) is 0 Å². The van der Waals surface area contributed by atoms with Crippen molar-refractivity contribution in [3.8, 4) is 0 Å². The lowest BCUT2D eigenvalue weighted by atomic mass is 9.88. The first-order valence-electron chi connectivity index (χ1n) is 7.57. The topological polar surface area (TPSA) is 35.5 Å². The Balaban J connectivity index is 2.78. The molecule has 0 fully saturated rings. The van der Waals surface area contributed by atoms with Crippen LogP contribution in [0.1, 0.15) is 46.5 Å². The molecule has 1 heterocycles. The van der Waals surface area contributed by atoms with E-state index in [0.29, 0.717) is 24.9 Å². The van der Waals surface area contributed by atoms with Gasteiger partial charge < -0.3 is 9.47 Å². The molecule has 0 N–H and O–H groups in total. The van der Waals surface area contributed by atoms with E-state index in [1.165, 1.54) is 0 Å². The van der Waals surface area contributed by atoms with Gasteiger partial charge in [0.05, 0.1) is 6.10 Å². The van der Waals surface area contributed by atoms with Crippen molar-refractivity contribution in [2.24, 2.45) is 11.8 Å². The van der Waals surface area contributed by atoms with Crippen molar-refractivity contribution in [1.82, 2.24) is 0 Å². The van der Waals surface area contributed by atoms with E-state index in [4.69, 9.17) is 9.47 Å². The lowest BCUT2D eigenvalue weighted by Crippen LogP contribution is -2.23. The third-order valence-electron chi connectivity index (χ3n) is 3.96. The molecule has 0 saturated heterocycles. The van der Waals surface area contributed by atoms with E-state index in [2.05, 4.69) is 32.1 Å².